The van der Waals surface area contributed by atoms with Gasteiger partial charge in [0.05, 0.1) is 18.4 Å². The number of hydrogen-bond donors (Lipinski definition) is 0. The van der Waals surface area contributed by atoms with Gasteiger partial charge in [-0.25, -0.2) is 4.39 Å². The average molecular weight is 288 g/mol. The number of fused-ring (bicyclic) bond motifs is 1. The Labute approximate surface area is 119 Å². The summed E-state index contributed by atoms with van der Waals surface area (Å²) in [4.78, 5) is 4.44. The number of halogens is 1. The van der Waals surface area contributed by atoms with Gasteiger partial charge in [0.1, 0.15) is 0 Å². The molecule has 5 nitrogen and oxygen atoms in total. The average Bonchev–Trinajstić information content (AvgIpc) is 3.18. The molecule has 1 aliphatic heterocycles. The maximum absolute atomic E-state index is 13.6. The van der Waals surface area contributed by atoms with Crippen molar-refractivity contribution < 1.29 is 18.1 Å². The van der Waals surface area contributed by atoms with Crippen LogP contribution in [-0.2, 0) is 4.74 Å². The quantitative estimate of drug-likeness (QED) is 0.722. The van der Waals surface area contributed by atoms with Crippen LogP contribution in [0.5, 0.6) is 0 Å². The lowest BCUT2D eigenvalue weighted by Gasteiger charge is -2.18. The predicted octanol–water partition coefficient (Wildman–Crippen LogP) is 3.52. The highest BCUT2D eigenvalue weighted by Crippen LogP contribution is 2.31. The molecule has 1 fully saturated rings. The van der Waals surface area contributed by atoms with Gasteiger partial charge in [0.2, 0.25) is 0 Å². The molecular formula is C15H13FN2O3. The number of hydrogen-bond acceptors (Lipinski definition) is 5. The van der Waals surface area contributed by atoms with Gasteiger partial charge in [0.15, 0.2) is 17.2 Å². The molecule has 0 N–H and O–H groups in total. The maximum Gasteiger partial charge on any atom is 0.258 e. The molecular weight excluding hydrogens is 275 g/mol. The summed E-state index contributed by atoms with van der Waals surface area (Å²) in [6, 6.07) is 4.66. The molecule has 0 radical (unpaired) electrons. The molecule has 0 aliphatic carbocycles. The maximum atomic E-state index is 13.6. The van der Waals surface area contributed by atoms with Crippen LogP contribution < -0.4 is 0 Å². The van der Waals surface area contributed by atoms with E-state index in [2.05, 4.69) is 10.1 Å². The standard InChI is InChI=1S/C15H13FN2O3/c16-12-4-3-11(10-5-7-20-13(10)12)15-17-14(18-21-15)9-2-1-6-19-8-9/h3-5,7,9H,1-2,6,8H2. The van der Waals surface area contributed by atoms with Crippen molar-refractivity contribution >= 4 is 11.0 Å². The highest BCUT2D eigenvalue weighted by molar-refractivity contribution is 5.91. The van der Waals surface area contributed by atoms with Crippen LogP contribution >= 0.6 is 0 Å². The largest absolute Gasteiger partial charge is 0.461 e. The number of ether oxygens (including phenoxy) is 1. The van der Waals surface area contributed by atoms with Gasteiger partial charge >= 0.3 is 0 Å². The third kappa shape index (κ3) is 2.12. The van der Waals surface area contributed by atoms with Crippen molar-refractivity contribution in [2.75, 3.05) is 13.2 Å². The Hall–Kier alpha value is -2.21. The van der Waals surface area contributed by atoms with Crippen LogP contribution in [0.4, 0.5) is 4.39 Å². The van der Waals surface area contributed by atoms with E-state index in [1.165, 1.54) is 12.3 Å². The van der Waals surface area contributed by atoms with Gasteiger partial charge in [-0.05, 0) is 31.0 Å². The number of furan rings is 1. The van der Waals surface area contributed by atoms with Crippen molar-refractivity contribution in [3.8, 4) is 11.5 Å². The summed E-state index contributed by atoms with van der Waals surface area (Å²) in [5.41, 5.74) is 0.879. The van der Waals surface area contributed by atoms with Crippen LogP contribution in [0, 0.1) is 5.82 Å². The Balaban J connectivity index is 1.74. The molecule has 21 heavy (non-hydrogen) atoms. The first-order valence-corrected chi connectivity index (χ1v) is 6.90. The number of aromatic nitrogens is 2. The normalized spacial score (nSPS) is 19.2. The molecule has 1 atom stereocenters. The first kappa shape index (κ1) is 12.5. The van der Waals surface area contributed by atoms with Gasteiger partial charge in [-0.3, -0.25) is 0 Å². The molecule has 6 heteroatoms. The van der Waals surface area contributed by atoms with Gasteiger partial charge in [0.25, 0.3) is 5.89 Å². The van der Waals surface area contributed by atoms with Crippen molar-refractivity contribution in [1.29, 1.82) is 0 Å². The van der Waals surface area contributed by atoms with E-state index in [-0.39, 0.29) is 11.5 Å². The molecule has 108 valence electrons. The zero-order valence-corrected chi connectivity index (χ0v) is 11.2. The van der Waals surface area contributed by atoms with Crippen molar-refractivity contribution in [2.24, 2.45) is 0 Å². The van der Waals surface area contributed by atoms with Gasteiger partial charge in [0, 0.05) is 17.9 Å². The lowest BCUT2D eigenvalue weighted by Crippen LogP contribution is -2.16. The molecule has 1 unspecified atom stereocenters. The fourth-order valence-corrected chi connectivity index (χ4v) is 2.67. The second-order valence-corrected chi connectivity index (χ2v) is 5.13. The summed E-state index contributed by atoms with van der Waals surface area (Å²) >= 11 is 0. The van der Waals surface area contributed by atoms with Gasteiger partial charge < -0.3 is 13.7 Å². The molecule has 3 heterocycles. The summed E-state index contributed by atoms with van der Waals surface area (Å²) in [5.74, 6) is 0.781. The van der Waals surface area contributed by atoms with E-state index in [0.717, 1.165) is 19.4 Å². The molecule has 0 bridgehead atoms. The first-order valence-electron chi connectivity index (χ1n) is 6.90. The highest BCUT2D eigenvalue weighted by atomic mass is 19.1. The fraction of sp³-hybridized carbons (Fsp3) is 0.333. The molecule has 2 aromatic heterocycles. The fourth-order valence-electron chi connectivity index (χ4n) is 2.67. The monoisotopic (exact) mass is 288 g/mol. The van der Waals surface area contributed by atoms with Gasteiger partial charge in [-0.2, -0.15) is 4.98 Å². The molecule has 0 amide bonds. The molecule has 0 saturated carbocycles. The molecule has 1 aliphatic rings. The Bertz CT molecular complexity index is 774. The summed E-state index contributed by atoms with van der Waals surface area (Å²) < 4.78 is 29.6. The lowest BCUT2D eigenvalue weighted by molar-refractivity contribution is 0.0773. The zero-order valence-electron chi connectivity index (χ0n) is 11.2. The van der Waals surface area contributed by atoms with Crippen LogP contribution in [0.15, 0.2) is 33.4 Å². The van der Waals surface area contributed by atoms with Crippen LogP contribution in [-0.4, -0.2) is 23.4 Å². The van der Waals surface area contributed by atoms with Crippen molar-refractivity contribution in [1.82, 2.24) is 10.1 Å². The Morgan fingerprint density at radius 1 is 1.24 bits per heavy atom. The van der Waals surface area contributed by atoms with E-state index < -0.39 is 5.82 Å². The number of benzene rings is 1. The summed E-state index contributed by atoms with van der Waals surface area (Å²) in [7, 11) is 0. The topological polar surface area (TPSA) is 61.3 Å². The molecule has 4 rings (SSSR count). The summed E-state index contributed by atoms with van der Waals surface area (Å²) in [6.07, 6.45) is 3.43. The van der Waals surface area contributed by atoms with Crippen LogP contribution in [0.3, 0.4) is 0 Å². The number of rotatable bonds is 2. The van der Waals surface area contributed by atoms with Gasteiger partial charge in [-0.1, -0.05) is 5.16 Å². The molecule has 3 aromatic rings. The SMILES string of the molecule is Fc1ccc(-c2nc(C3CCCOC3)no2)c2ccoc12. The van der Waals surface area contributed by atoms with Gasteiger partial charge in [-0.15, -0.1) is 0 Å². The minimum atomic E-state index is -0.404. The lowest BCUT2D eigenvalue weighted by atomic mass is 10.0. The third-order valence-electron chi connectivity index (χ3n) is 3.77. The molecule has 1 saturated heterocycles. The van der Waals surface area contributed by atoms with E-state index in [4.69, 9.17) is 13.7 Å². The van der Waals surface area contributed by atoms with E-state index in [1.807, 2.05) is 0 Å². The smallest absolute Gasteiger partial charge is 0.258 e. The second-order valence-electron chi connectivity index (χ2n) is 5.13. The Morgan fingerprint density at radius 3 is 3.05 bits per heavy atom. The van der Waals surface area contributed by atoms with Crippen LogP contribution in [0.1, 0.15) is 24.6 Å². The predicted molar refractivity (Wildman–Crippen MR) is 72.3 cm³/mol. The van der Waals surface area contributed by atoms with E-state index in [1.54, 1.807) is 12.1 Å². The first-order chi connectivity index (χ1) is 10.3. The van der Waals surface area contributed by atoms with E-state index in [0.29, 0.717) is 29.3 Å². The van der Waals surface area contributed by atoms with Crippen LogP contribution in [0.25, 0.3) is 22.4 Å². The van der Waals surface area contributed by atoms with Crippen molar-refractivity contribution in [3.05, 3.63) is 36.1 Å². The van der Waals surface area contributed by atoms with E-state index >= 15 is 0 Å². The van der Waals surface area contributed by atoms with Crippen LogP contribution in [0.2, 0.25) is 0 Å². The Kier molecular flexibility index (Phi) is 2.96. The number of nitrogens with zero attached hydrogens (tertiary/aromatic N) is 2. The minimum absolute atomic E-state index is 0.163. The second kappa shape index (κ2) is 4.96. The van der Waals surface area contributed by atoms with E-state index in [9.17, 15) is 4.39 Å². The zero-order chi connectivity index (χ0) is 14.2. The summed E-state index contributed by atoms with van der Waals surface area (Å²) in [5, 5.41) is 4.67. The Morgan fingerprint density at radius 2 is 2.19 bits per heavy atom. The minimum Gasteiger partial charge on any atom is -0.461 e. The molecule has 0 spiro atoms. The van der Waals surface area contributed by atoms with Crippen molar-refractivity contribution in [2.45, 2.75) is 18.8 Å². The summed E-state index contributed by atoms with van der Waals surface area (Å²) in [6.45, 7) is 1.40. The third-order valence-corrected chi connectivity index (χ3v) is 3.77. The van der Waals surface area contributed by atoms with Crippen molar-refractivity contribution in [3.63, 3.8) is 0 Å². The molecule has 1 aromatic carbocycles. The highest BCUT2D eigenvalue weighted by Gasteiger charge is 2.23.